The predicted octanol–water partition coefficient (Wildman–Crippen LogP) is 8.42. The molecule has 2 aliphatic rings. The number of rotatable bonds is 10. The van der Waals surface area contributed by atoms with Crippen LogP contribution in [0.15, 0.2) is 121 Å². The number of hydrogen-bond acceptors (Lipinski definition) is 5. The van der Waals surface area contributed by atoms with E-state index in [1.54, 1.807) is 34.1 Å². The lowest BCUT2D eigenvalue weighted by molar-refractivity contribution is 0.0930. The largest absolute Gasteiger partial charge is 0.465 e. The number of carbonyl (C=O) groups is 4. The number of carbonyl (C=O) groups excluding carboxylic acids is 2. The van der Waals surface area contributed by atoms with Crippen LogP contribution in [0.3, 0.4) is 0 Å². The van der Waals surface area contributed by atoms with Gasteiger partial charge in [0.2, 0.25) is 0 Å². The lowest BCUT2D eigenvalue weighted by Crippen LogP contribution is -2.50. The van der Waals surface area contributed by atoms with Crippen molar-refractivity contribution >= 4 is 46.7 Å². The zero-order chi connectivity index (χ0) is 36.9. The van der Waals surface area contributed by atoms with E-state index >= 15 is 9.59 Å². The highest BCUT2D eigenvalue weighted by Crippen LogP contribution is 2.39. The molecule has 3 heterocycles. The maximum atomic E-state index is 15.3. The number of hydrogen-bond donors (Lipinski definition) is 2. The van der Waals surface area contributed by atoms with Crippen molar-refractivity contribution in [2.75, 3.05) is 22.9 Å². The number of para-hydroxylation sites is 2. The zero-order valence-corrected chi connectivity index (χ0v) is 29.9. The van der Waals surface area contributed by atoms with Crippen LogP contribution in [0.1, 0.15) is 67.3 Å². The van der Waals surface area contributed by atoms with Gasteiger partial charge in [0.15, 0.2) is 0 Å². The molecule has 2 aliphatic heterocycles. The second-order valence-corrected chi connectivity index (χ2v) is 14.3. The van der Waals surface area contributed by atoms with Gasteiger partial charge in [0.1, 0.15) is 12.3 Å². The lowest BCUT2D eigenvalue weighted by Gasteiger charge is -2.34. The van der Waals surface area contributed by atoms with Crippen molar-refractivity contribution in [1.29, 1.82) is 0 Å². The van der Waals surface area contributed by atoms with E-state index in [4.69, 9.17) is 0 Å². The van der Waals surface area contributed by atoms with Gasteiger partial charge in [-0.15, -0.1) is 11.3 Å². The van der Waals surface area contributed by atoms with Crippen LogP contribution in [-0.2, 0) is 12.8 Å². The van der Waals surface area contributed by atoms with Gasteiger partial charge in [-0.05, 0) is 85.0 Å². The summed E-state index contributed by atoms with van der Waals surface area (Å²) in [4.78, 5) is 62.0. The van der Waals surface area contributed by atoms with E-state index < -0.39 is 36.3 Å². The Morgan fingerprint density at radius 1 is 0.547 bits per heavy atom. The Bertz CT molecular complexity index is 1930. The normalized spacial score (nSPS) is 16.8. The number of thiophene rings is 1. The van der Waals surface area contributed by atoms with Gasteiger partial charge in [-0.3, -0.25) is 29.2 Å². The highest BCUT2D eigenvalue weighted by atomic mass is 32.1. The predicted molar refractivity (Wildman–Crippen MR) is 205 cm³/mol. The molecule has 7 rings (SSSR count). The van der Waals surface area contributed by atoms with Crippen LogP contribution in [0, 0.1) is 0 Å². The average molecular weight is 729 g/mol. The molecular weight excluding hydrogens is 689 g/mol. The Morgan fingerprint density at radius 2 is 0.887 bits per heavy atom. The minimum atomic E-state index is -1.10. The molecule has 270 valence electrons. The molecule has 2 N–H and O–H groups in total. The number of amides is 4. The van der Waals surface area contributed by atoms with E-state index in [-0.39, 0.29) is 0 Å². The van der Waals surface area contributed by atoms with Crippen molar-refractivity contribution in [3.05, 3.63) is 153 Å². The second kappa shape index (κ2) is 15.7. The fourth-order valence-corrected chi connectivity index (χ4v) is 8.76. The Morgan fingerprint density at radius 3 is 1.23 bits per heavy atom. The van der Waals surface area contributed by atoms with Gasteiger partial charge in [-0.25, -0.2) is 9.59 Å². The highest BCUT2D eigenvalue weighted by Gasteiger charge is 2.42. The van der Waals surface area contributed by atoms with E-state index in [2.05, 4.69) is 0 Å². The molecule has 0 aliphatic carbocycles. The lowest BCUT2D eigenvalue weighted by atomic mass is 9.94. The number of likely N-dealkylation sites (tertiary alicyclic amines) is 2. The van der Waals surface area contributed by atoms with Crippen molar-refractivity contribution < 1.29 is 29.4 Å². The molecular formula is C42H40N4O6S. The first-order chi connectivity index (χ1) is 25.8. The Balaban J connectivity index is 1.45. The summed E-state index contributed by atoms with van der Waals surface area (Å²) in [5, 5.41) is 20.4. The molecule has 0 bridgehead atoms. The van der Waals surface area contributed by atoms with Gasteiger partial charge in [0.25, 0.3) is 11.8 Å². The smallest absolute Gasteiger partial charge is 0.408 e. The molecule has 2 atom stereocenters. The summed E-state index contributed by atoms with van der Waals surface area (Å²) in [7, 11) is 0. The van der Waals surface area contributed by atoms with Crippen LogP contribution in [-0.4, -0.2) is 69.4 Å². The summed E-state index contributed by atoms with van der Waals surface area (Å²) >= 11 is 1.11. The van der Waals surface area contributed by atoms with E-state index in [0.29, 0.717) is 83.9 Å². The molecule has 4 aromatic carbocycles. The molecule has 10 nitrogen and oxygen atoms in total. The maximum absolute atomic E-state index is 15.3. The first kappa shape index (κ1) is 35.5. The van der Waals surface area contributed by atoms with Gasteiger partial charge in [-0.1, -0.05) is 97.1 Å². The van der Waals surface area contributed by atoms with Crippen molar-refractivity contribution in [3.63, 3.8) is 0 Å². The maximum Gasteiger partial charge on any atom is 0.408 e. The summed E-state index contributed by atoms with van der Waals surface area (Å²) in [6.45, 7) is 0.600. The summed E-state index contributed by atoms with van der Waals surface area (Å²) in [6.07, 6.45) is -0.863. The number of nitrogens with zero attached hydrogens (tertiary/aromatic N) is 4. The number of benzene rings is 4. The molecule has 1 aromatic heterocycles. The third-order valence-electron chi connectivity index (χ3n) is 9.99. The quantitative estimate of drug-likeness (QED) is 0.149. The van der Waals surface area contributed by atoms with Crippen LogP contribution in [0.25, 0.3) is 0 Å². The van der Waals surface area contributed by atoms with E-state index in [1.807, 2.05) is 97.1 Å². The summed E-state index contributed by atoms with van der Waals surface area (Å²) in [6, 6.07) is 37.7. The summed E-state index contributed by atoms with van der Waals surface area (Å²) < 4.78 is 0. The number of carboxylic acid groups (broad SMARTS) is 2. The van der Waals surface area contributed by atoms with Crippen molar-refractivity contribution in [1.82, 2.24) is 9.80 Å². The van der Waals surface area contributed by atoms with Crippen molar-refractivity contribution in [2.24, 2.45) is 0 Å². The van der Waals surface area contributed by atoms with Gasteiger partial charge in [0, 0.05) is 24.5 Å². The Labute approximate surface area is 312 Å². The zero-order valence-electron chi connectivity index (χ0n) is 29.1. The molecule has 4 amide bonds. The monoisotopic (exact) mass is 728 g/mol. The van der Waals surface area contributed by atoms with E-state index in [0.717, 1.165) is 22.5 Å². The fourth-order valence-electron chi connectivity index (χ4n) is 7.55. The highest BCUT2D eigenvalue weighted by molar-refractivity contribution is 7.16. The van der Waals surface area contributed by atoms with Crippen LogP contribution in [0.2, 0.25) is 0 Å². The SMILES string of the molecule is O=C(O)N1CCCC1N(C(=O)c1sc(C(=O)N(c2ccccc2)C2CCCN2C(=O)O)c(Cc2ccccc2)c1Cc1ccccc1)c1ccccc1. The van der Waals surface area contributed by atoms with Gasteiger partial charge in [-0.2, -0.15) is 0 Å². The minimum absolute atomic E-state index is 0.300. The molecule has 0 saturated carbocycles. The topological polar surface area (TPSA) is 122 Å². The van der Waals surface area contributed by atoms with Crippen molar-refractivity contribution in [3.8, 4) is 0 Å². The standard InChI is InChI=1S/C42H40N4O6S/c47-39(45(31-19-9-3-10-20-31)35-23-13-25-43(35)41(49)50)37-33(27-29-15-5-1-6-16-29)34(28-30-17-7-2-8-18-30)38(53-37)40(48)46(32-21-11-4-12-22-32)36-24-14-26-44(36)42(51)52/h1-12,15-22,35-36H,13-14,23-28H2,(H,49,50)(H,51,52). The first-order valence-corrected chi connectivity index (χ1v) is 18.6. The molecule has 2 fully saturated rings. The third-order valence-corrected chi connectivity index (χ3v) is 11.2. The fraction of sp³-hybridized carbons (Fsp3) is 0.238. The Kier molecular flexibility index (Phi) is 10.5. The number of anilines is 2. The van der Waals surface area contributed by atoms with Crippen LogP contribution in [0.5, 0.6) is 0 Å². The summed E-state index contributed by atoms with van der Waals surface area (Å²) in [5.74, 6) is -0.782. The third kappa shape index (κ3) is 7.38. The van der Waals surface area contributed by atoms with Crippen molar-refractivity contribution in [2.45, 2.75) is 50.9 Å². The summed E-state index contributed by atoms with van der Waals surface area (Å²) in [5.41, 5.74) is 4.38. The molecule has 5 aromatic rings. The molecule has 2 saturated heterocycles. The van der Waals surface area contributed by atoms with Gasteiger partial charge in [0.05, 0.1) is 9.75 Å². The molecule has 53 heavy (non-hydrogen) atoms. The van der Waals surface area contributed by atoms with Crippen LogP contribution in [0.4, 0.5) is 21.0 Å². The minimum Gasteiger partial charge on any atom is -0.465 e. The van der Waals surface area contributed by atoms with Gasteiger partial charge < -0.3 is 10.2 Å². The van der Waals surface area contributed by atoms with E-state index in [9.17, 15) is 19.8 Å². The first-order valence-electron chi connectivity index (χ1n) is 17.8. The second-order valence-electron chi connectivity index (χ2n) is 13.3. The molecule has 2 unspecified atom stereocenters. The average Bonchev–Trinajstić information content (AvgIpc) is 3.94. The molecule has 0 radical (unpaired) electrons. The molecule has 0 spiro atoms. The Hall–Kier alpha value is -5.94. The van der Waals surface area contributed by atoms with Crippen LogP contribution < -0.4 is 9.80 Å². The van der Waals surface area contributed by atoms with Gasteiger partial charge >= 0.3 is 12.2 Å². The van der Waals surface area contributed by atoms with Crippen LogP contribution >= 0.6 is 11.3 Å². The van der Waals surface area contributed by atoms with E-state index in [1.165, 1.54) is 9.80 Å². The molecule has 11 heteroatoms.